The molecule has 0 fully saturated rings. The SMILES string of the molecule is CC(O)C1=C[C@@]2(C)OO[C@]1(C)c1ccccc12. The molecular weight excluding hydrogens is 216 g/mol. The van der Waals surface area contributed by atoms with E-state index in [9.17, 15) is 5.11 Å². The van der Waals surface area contributed by atoms with Gasteiger partial charge in [-0.1, -0.05) is 24.3 Å². The number of rotatable bonds is 1. The number of hydrogen-bond acceptors (Lipinski definition) is 3. The van der Waals surface area contributed by atoms with E-state index in [-0.39, 0.29) is 0 Å². The molecule has 3 heteroatoms. The Bertz CT molecular complexity index is 506. The zero-order valence-corrected chi connectivity index (χ0v) is 10.2. The molecule has 3 aliphatic rings. The molecule has 1 unspecified atom stereocenters. The van der Waals surface area contributed by atoms with Crippen molar-refractivity contribution in [1.29, 1.82) is 0 Å². The fraction of sp³-hybridized carbons (Fsp3) is 0.429. The van der Waals surface area contributed by atoms with Gasteiger partial charge in [0.05, 0.1) is 6.10 Å². The third-order valence-corrected chi connectivity index (χ3v) is 3.79. The van der Waals surface area contributed by atoms with Gasteiger partial charge < -0.3 is 5.11 Å². The molecule has 1 aliphatic carbocycles. The minimum absolute atomic E-state index is 0.545. The molecule has 2 aliphatic heterocycles. The van der Waals surface area contributed by atoms with Crippen molar-refractivity contribution in [1.82, 2.24) is 0 Å². The van der Waals surface area contributed by atoms with Gasteiger partial charge in [-0.3, -0.25) is 0 Å². The molecule has 1 N–H and O–H groups in total. The lowest BCUT2D eigenvalue weighted by atomic mass is 9.71. The fourth-order valence-corrected chi connectivity index (χ4v) is 2.85. The molecule has 4 rings (SSSR count). The van der Waals surface area contributed by atoms with Crippen LogP contribution in [-0.2, 0) is 21.0 Å². The smallest absolute Gasteiger partial charge is 0.150 e. The van der Waals surface area contributed by atoms with E-state index < -0.39 is 17.3 Å². The van der Waals surface area contributed by atoms with Crippen LogP contribution in [0.2, 0.25) is 0 Å². The molecule has 2 heterocycles. The summed E-state index contributed by atoms with van der Waals surface area (Å²) < 4.78 is 0. The monoisotopic (exact) mass is 232 g/mol. The van der Waals surface area contributed by atoms with E-state index in [1.807, 2.05) is 44.2 Å². The molecule has 0 amide bonds. The Labute approximate surface area is 101 Å². The van der Waals surface area contributed by atoms with E-state index in [2.05, 4.69) is 0 Å². The van der Waals surface area contributed by atoms with Crippen LogP contribution in [0.3, 0.4) is 0 Å². The van der Waals surface area contributed by atoms with Gasteiger partial charge in [0.25, 0.3) is 0 Å². The first kappa shape index (κ1) is 11.0. The highest BCUT2D eigenvalue weighted by atomic mass is 17.2. The molecule has 3 nitrogen and oxygen atoms in total. The second-order valence-electron chi connectivity index (χ2n) is 5.13. The van der Waals surface area contributed by atoms with Crippen LogP contribution in [0.4, 0.5) is 0 Å². The van der Waals surface area contributed by atoms with Crippen LogP contribution in [0.15, 0.2) is 35.9 Å². The van der Waals surface area contributed by atoms with Crippen LogP contribution in [0, 0.1) is 0 Å². The molecule has 0 saturated carbocycles. The van der Waals surface area contributed by atoms with Crippen LogP contribution in [0.1, 0.15) is 31.9 Å². The quantitative estimate of drug-likeness (QED) is 0.597. The topological polar surface area (TPSA) is 38.7 Å². The third-order valence-electron chi connectivity index (χ3n) is 3.79. The van der Waals surface area contributed by atoms with E-state index in [4.69, 9.17) is 9.78 Å². The van der Waals surface area contributed by atoms with Gasteiger partial charge >= 0.3 is 0 Å². The van der Waals surface area contributed by atoms with Crippen LogP contribution < -0.4 is 0 Å². The Morgan fingerprint density at radius 1 is 1.12 bits per heavy atom. The Morgan fingerprint density at radius 2 is 1.76 bits per heavy atom. The number of aliphatic hydroxyl groups is 1. The summed E-state index contributed by atoms with van der Waals surface area (Å²) in [6.45, 7) is 5.64. The van der Waals surface area contributed by atoms with Crippen molar-refractivity contribution in [2.24, 2.45) is 0 Å². The second kappa shape index (κ2) is 3.19. The first-order chi connectivity index (χ1) is 7.97. The summed E-state index contributed by atoms with van der Waals surface area (Å²) in [4.78, 5) is 11.0. The van der Waals surface area contributed by atoms with Crippen molar-refractivity contribution in [2.75, 3.05) is 0 Å². The molecule has 0 radical (unpaired) electrons. The summed E-state index contributed by atoms with van der Waals surface area (Å²) in [5.74, 6) is 0. The van der Waals surface area contributed by atoms with Gasteiger partial charge in [-0.25, -0.2) is 9.78 Å². The highest BCUT2D eigenvalue weighted by Crippen LogP contribution is 2.52. The molecule has 1 aromatic carbocycles. The van der Waals surface area contributed by atoms with Gasteiger partial charge in [-0.15, -0.1) is 0 Å². The van der Waals surface area contributed by atoms with Crippen LogP contribution in [-0.4, -0.2) is 11.2 Å². The summed E-state index contributed by atoms with van der Waals surface area (Å²) >= 11 is 0. The molecule has 3 atom stereocenters. The maximum Gasteiger partial charge on any atom is 0.150 e. The van der Waals surface area contributed by atoms with Crippen molar-refractivity contribution in [2.45, 2.75) is 38.1 Å². The van der Waals surface area contributed by atoms with E-state index in [0.29, 0.717) is 0 Å². The summed E-state index contributed by atoms with van der Waals surface area (Å²) in [5, 5.41) is 9.90. The first-order valence-electron chi connectivity index (χ1n) is 5.85. The molecule has 0 saturated heterocycles. The predicted molar refractivity (Wildman–Crippen MR) is 63.1 cm³/mol. The van der Waals surface area contributed by atoms with Crippen molar-refractivity contribution in [3.8, 4) is 0 Å². The van der Waals surface area contributed by atoms with Crippen molar-refractivity contribution >= 4 is 0 Å². The molecule has 90 valence electrons. The van der Waals surface area contributed by atoms with Gasteiger partial charge in [-0.2, -0.15) is 0 Å². The number of fused-ring (bicyclic) bond motifs is 1. The number of hydrogen-bond donors (Lipinski definition) is 1. The summed E-state index contributed by atoms with van der Waals surface area (Å²) in [7, 11) is 0. The number of aliphatic hydroxyl groups excluding tert-OH is 1. The number of benzene rings is 1. The van der Waals surface area contributed by atoms with Crippen molar-refractivity contribution < 1.29 is 14.9 Å². The summed E-state index contributed by atoms with van der Waals surface area (Å²) in [6.07, 6.45) is 1.43. The summed E-state index contributed by atoms with van der Waals surface area (Å²) in [5.41, 5.74) is 1.78. The third kappa shape index (κ3) is 1.27. The molecule has 0 spiro atoms. The molecule has 1 aromatic rings. The second-order valence-corrected chi connectivity index (χ2v) is 5.13. The molecular formula is C14H16O3. The Morgan fingerprint density at radius 3 is 2.41 bits per heavy atom. The van der Waals surface area contributed by atoms with Gasteiger partial charge in [0.15, 0.2) is 0 Å². The largest absolute Gasteiger partial charge is 0.389 e. The molecule has 2 bridgehead atoms. The van der Waals surface area contributed by atoms with Gasteiger partial charge in [0, 0.05) is 0 Å². The standard InChI is InChI=1S/C14H16O3/c1-9(15)12-8-13(2)10-6-4-5-7-11(10)14(12,3)17-16-13/h4-9,15H,1-3H3/t9?,13-,14-/m1/s1. The van der Waals surface area contributed by atoms with Gasteiger partial charge in [-0.05, 0) is 43.5 Å². The van der Waals surface area contributed by atoms with Crippen LogP contribution >= 0.6 is 0 Å². The van der Waals surface area contributed by atoms with Crippen molar-refractivity contribution in [3.63, 3.8) is 0 Å². The lowest BCUT2D eigenvalue weighted by Crippen LogP contribution is -2.49. The van der Waals surface area contributed by atoms with Crippen molar-refractivity contribution in [3.05, 3.63) is 47.0 Å². The minimum Gasteiger partial charge on any atom is -0.389 e. The Kier molecular flexibility index (Phi) is 2.06. The van der Waals surface area contributed by atoms with Crippen LogP contribution in [0.25, 0.3) is 0 Å². The highest BCUT2D eigenvalue weighted by molar-refractivity contribution is 5.50. The van der Waals surface area contributed by atoms with Crippen LogP contribution in [0.5, 0.6) is 0 Å². The predicted octanol–water partition coefficient (Wildman–Crippen LogP) is 2.40. The maximum atomic E-state index is 9.90. The van der Waals surface area contributed by atoms with Gasteiger partial charge in [0.2, 0.25) is 0 Å². The normalized spacial score (nSPS) is 36.4. The summed E-state index contributed by atoms with van der Waals surface area (Å²) in [6, 6.07) is 8.06. The fourth-order valence-electron chi connectivity index (χ4n) is 2.85. The molecule has 17 heavy (non-hydrogen) atoms. The van der Waals surface area contributed by atoms with E-state index in [1.165, 1.54) is 0 Å². The van der Waals surface area contributed by atoms with E-state index in [1.54, 1.807) is 6.92 Å². The average molecular weight is 232 g/mol. The first-order valence-corrected chi connectivity index (χ1v) is 5.85. The van der Waals surface area contributed by atoms with Gasteiger partial charge in [0.1, 0.15) is 11.2 Å². The zero-order chi connectivity index (χ0) is 12.3. The average Bonchev–Trinajstić information content (AvgIpc) is 2.32. The highest BCUT2D eigenvalue weighted by Gasteiger charge is 2.52. The molecule has 0 aromatic heterocycles. The Balaban J connectivity index is 2.29. The lowest BCUT2D eigenvalue weighted by Gasteiger charge is -2.49. The minimum atomic E-state index is -0.678. The van der Waals surface area contributed by atoms with E-state index in [0.717, 1.165) is 16.7 Å². The van der Waals surface area contributed by atoms with E-state index >= 15 is 0 Å². The zero-order valence-electron chi connectivity index (χ0n) is 10.2. The maximum absolute atomic E-state index is 9.90. The Hall–Kier alpha value is -1.16. The lowest BCUT2D eigenvalue weighted by molar-refractivity contribution is -0.420.